The maximum atomic E-state index is 13.3. The maximum Gasteiger partial charge on any atom is 0.254 e. The topological polar surface area (TPSA) is 99.4 Å². The van der Waals surface area contributed by atoms with Gasteiger partial charge in [0.05, 0.1) is 17.6 Å². The summed E-state index contributed by atoms with van der Waals surface area (Å²) in [5.41, 5.74) is 9.17. The Labute approximate surface area is 206 Å². The Morgan fingerprint density at radius 3 is 2.76 bits per heavy atom. The molecule has 0 saturated heterocycles. The Balaban J connectivity index is 0.00000193. The number of rotatable bonds is 8. The second kappa shape index (κ2) is 11.8. The van der Waals surface area contributed by atoms with E-state index < -0.39 is 0 Å². The van der Waals surface area contributed by atoms with Gasteiger partial charge in [0.1, 0.15) is 23.9 Å². The first-order valence-corrected chi connectivity index (χ1v) is 10.9. The Kier molecular flexibility index (Phi) is 9.72. The third kappa shape index (κ3) is 5.87. The predicted molar refractivity (Wildman–Crippen MR) is 132 cm³/mol. The molecular weight excluding hydrogens is 465 g/mol. The molecule has 0 saturated carbocycles. The molecular formula is C23H33Cl2N5O3. The van der Waals surface area contributed by atoms with Crippen molar-refractivity contribution >= 4 is 41.8 Å². The number of fused-ring (bicyclic) bond motifs is 2. The lowest BCUT2D eigenvalue weighted by Gasteiger charge is -2.25. The summed E-state index contributed by atoms with van der Waals surface area (Å²) < 4.78 is 13.1. The summed E-state index contributed by atoms with van der Waals surface area (Å²) in [5, 5.41) is 0. The molecule has 4 rings (SSSR count). The zero-order valence-corrected chi connectivity index (χ0v) is 21.0. The van der Waals surface area contributed by atoms with Crippen molar-refractivity contribution in [3.63, 3.8) is 0 Å². The van der Waals surface area contributed by atoms with E-state index in [-0.39, 0.29) is 30.7 Å². The number of ether oxygens (including phenoxy) is 1. The number of imidazole rings is 1. The standard InChI is InChI=1S/C23H31N5O3.2ClH/c1-15(2)11-21-25-17-6-5-16(12-19(17)28(21)9-4-8-24)23(29)27-10-7-20-18(13-27)26-22(31-20)14-30-3;;/h5-6,12,15H,4,7-11,13-14,24H2,1-3H3;2*1H. The predicted octanol–water partition coefficient (Wildman–Crippen LogP) is 3.76. The molecule has 0 atom stereocenters. The van der Waals surface area contributed by atoms with Crippen molar-refractivity contribution < 1.29 is 13.9 Å². The highest BCUT2D eigenvalue weighted by Crippen LogP contribution is 2.24. The number of methoxy groups -OCH3 is 1. The van der Waals surface area contributed by atoms with E-state index >= 15 is 0 Å². The van der Waals surface area contributed by atoms with Crippen LogP contribution in [0.2, 0.25) is 0 Å². The number of benzene rings is 1. The van der Waals surface area contributed by atoms with Crippen molar-refractivity contribution in [3.8, 4) is 0 Å². The van der Waals surface area contributed by atoms with Gasteiger partial charge in [0.15, 0.2) is 0 Å². The molecule has 0 radical (unpaired) electrons. The van der Waals surface area contributed by atoms with Crippen LogP contribution in [0, 0.1) is 5.92 Å². The molecule has 2 N–H and O–H groups in total. The number of nitrogens with two attached hydrogens (primary N) is 1. The SMILES string of the molecule is COCc1nc2c(o1)CCN(C(=O)c1ccc3nc(CC(C)C)n(CCCN)c3c1)C2.Cl.Cl. The van der Waals surface area contributed by atoms with Crippen molar-refractivity contribution in [1.29, 1.82) is 0 Å². The molecule has 1 aromatic carbocycles. The van der Waals surface area contributed by atoms with Gasteiger partial charge in [-0.05, 0) is 37.1 Å². The van der Waals surface area contributed by atoms with E-state index in [2.05, 4.69) is 23.4 Å². The Bertz CT molecular complexity index is 1080. The summed E-state index contributed by atoms with van der Waals surface area (Å²) in [7, 11) is 1.61. The second-order valence-corrected chi connectivity index (χ2v) is 8.51. The molecule has 1 amide bonds. The highest BCUT2D eigenvalue weighted by molar-refractivity contribution is 5.97. The molecule has 10 heteroatoms. The van der Waals surface area contributed by atoms with Crippen LogP contribution in [-0.2, 0) is 37.3 Å². The van der Waals surface area contributed by atoms with Crippen molar-refractivity contribution in [1.82, 2.24) is 19.4 Å². The molecule has 0 aliphatic carbocycles. The van der Waals surface area contributed by atoms with Crippen molar-refractivity contribution in [2.75, 3.05) is 20.2 Å². The van der Waals surface area contributed by atoms with Gasteiger partial charge in [-0.1, -0.05) is 13.8 Å². The van der Waals surface area contributed by atoms with E-state index in [0.29, 0.717) is 50.0 Å². The molecule has 2 aromatic heterocycles. The third-order valence-corrected chi connectivity index (χ3v) is 5.58. The summed E-state index contributed by atoms with van der Waals surface area (Å²) in [6, 6.07) is 5.80. The number of nitrogens with zero attached hydrogens (tertiary/aromatic N) is 4. The van der Waals surface area contributed by atoms with E-state index in [4.69, 9.17) is 19.9 Å². The van der Waals surface area contributed by atoms with Crippen LogP contribution < -0.4 is 5.73 Å². The van der Waals surface area contributed by atoms with Gasteiger partial charge >= 0.3 is 0 Å². The molecule has 3 heterocycles. The van der Waals surface area contributed by atoms with Gasteiger partial charge in [-0.2, -0.15) is 0 Å². The molecule has 3 aromatic rings. The minimum Gasteiger partial charge on any atom is -0.443 e. The van der Waals surface area contributed by atoms with E-state index in [9.17, 15) is 4.79 Å². The molecule has 1 aliphatic heterocycles. The van der Waals surface area contributed by atoms with Crippen LogP contribution >= 0.6 is 24.8 Å². The molecule has 0 unspecified atom stereocenters. The quantitative estimate of drug-likeness (QED) is 0.508. The molecule has 0 bridgehead atoms. The third-order valence-electron chi connectivity index (χ3n) is 5.58. The zero-order valence-electron chi connectivity index (χ0n) is 19.4. The van der Waals surface area contributed by atoms with E-state index in [1.54, 1.807) is 7.11 Å². The number of aryl methyl sites for hydroxylation is 1. The fraction of sp³-hybridized carbons (Fsp3) is 0.522. The van der Waals surface area contributed by atoms with Gasteiger partial charge in [0, 0.05) is 38.6 Å². The Hall–Kier alpha value is -2.13. The smallest absolute Gasteiger partial charge is 0.254 e. The first kappa shape index (κ1) is 27.1. The average Bonchev–Trinajstić information content (AvgIpc) is 3.30. The molecule has 8 nitrogen and oxygen atoms in total. The van der Waals surface area contributed by atoms with Crippen LogP contribution in [0.3, 0.4) is 0 Å². The van der Waals surface area contributed by atoms with Gasteiger partial charge in [0.25, 0.3) is 5.91 Å². The number of oxazole rings is 1. The fourth-order valence-corrected chi connectivity index (χ4v) is 4.12. The van der Waals surface area contributed by atoms with Crippen LogP contribution in [0.25, 0.3) is 11.0 Å². The van der Waals surface area contributed by atoms with E-state index in [1.807, 2.05) is 23.1 Å². The minimum absolute atomic E-state index is 0. The summed E-state index contributed by atoms with van der Waals surface area (Å²) in [4.78, 5) is 24.4. The van der Waals surface area contributed by atoms with Crippen molar-refractivity contribution in [2.24, 2.45) is 11.7 Å². The Morgan fingerprint density at radius 1 is 1.27 bits per heavy atom. The monoisotopic (exact) mass is 497 g/mol. The van der Waals surface area contributed by atoms with Crippen molar-refractivity contribution in [3.05, 3.63) is 46.9 Å². The minimum atomic E-state index is 0. The van der Waals surface area contributed by atoms with Crippen LogP contribution in [-0.4, -0.2) is 45.5 Å². The summed E-state index contributed by atoms with van der Waals surface area (Å²) >= 11 is 0. The first-order valence-electron chi connectivity index (χ1n) is 10.9. The van der Waals surface area contributed by atoms with Crippen LogP contribution in [0.5, 0.6) is 0 Å². The van der Waals surface area contributed by atoms with Gasteiger partial charge in [-0.3, -0.25) is 4.79 Å². The summed E-state index contributed by atoms with van der Waals surface area (Å²) in [6.07, 6.45) is 2.43. The summed E-state index contributed by atoms with van der Waals surface area (Å²) in [6.45, 7) is 7.20. The molecule has 1 aliphatic rings. The highest BCUT2D eigenvalue weighted by atomic mass is 35.5. The first-order chi connectivity index (χ1) is 15.0. The van der Waals surface area contributed by atoms with Crippen LogP contribution in [0.4, 0.5) is 0 Å². The largest absolute Gasteiger partial charge is 0.443 e. The normalized spacial score (nSPS) is 13.1. The molecule has 0 fully saturated rings. The van der Waals surface area contributed by atoms with Crippen molar-refractivity contribution in [2.45, 2.75) is 52.8 Å². The number of carbonyl (C=O) groups is 1. The number of carbonyl (C=O) groups excluding carboxylic acids is 1. The zero-order chi connectivity index (χ0) is 22.0. The maximum absolute atomic E-state index is 13.3. The lowest BCUT2D eigenvalue weighted by molar-refractivity contribution is 0.0727. The fourth-order valence-electron chi connectivity index (χ4n) is 4.12. The average molecular weight is 498 g/mol. The van der Waals surface area contributed by atoms with E-state index in [0.717, 1.165) is 47.7 Å². The second-order valence-electron chi connectivity index (χ2n) is 8.51. The van der Waals surface area contributed by atoms with Gasteiger partial charge in [-0.15, -0.1) is 24.8 Å². The number of amides is 1. The number of aromatic nitrogens is 3. The number of hydrogen-bond donors (Lipinski definition) is 1. The van der Waals surface area contributed by atoms with Gasteiger partial charge < -0.3 is 24.4 Å². The highest BCUT2D eigenvalue weighted by Gasteiger charge is 2.26. The van der Waals surface area contributed by atoms with Crippen LogP contribution in [0.1, 0.15) is 53.8 Å². The number of hydrogen-bond acceptors (Lipinski definition) is 6. The number of halogens is 2. The van der Waals surface area contributed by atoms with E-state index in [1.165, 1.54) is 0 Å². The summed E-state index contributed by atoms with van der Waals surface area (Å²) in [5.74, 6) is 2.97. The molecule has 0 spiro atoms. The lowest BCUT2D eigenvalue weighted by Crippen LogP contribution is -2.35. The molecule has 33 heavy (non-hydrogen) atoms. The van der Waals surface area contributed by atoms with Crippen LogP contribution in [0.15, 0.2) is 22.6 Å². The Morgan fingerprint density at radius 2 is 2.06 bits per heavy atom. The van der Waals surface area contributed by atoms with Gasteiger partial charge in [-0.25, -0.2) is 9.97 Å². The van der Waals surface area contributed by atoms with Gasteiger partial charge in [0.2, 0.25) is 5.89 Å². The molecule has 182 valence electrons. The lowest BCUT2D eigenvalue weighted by atomic mass is 10.1.